The van der Waals surface area contributed by atoms with E-state index in [1.54, 1.807) is 25.1 Å². The number of nitrogens with one attached hydrogen (secondary N) is 1. The summed E-state index contributed by atoms with van der Waals surface area (Å²) in [5, 5.41) is 6.39. The monoisotopic (exact) mass is 375 g/mol. The van der Waals surface area contributed by atoms with Crippen molar-refractivity contribution in [2.75, 3.05) is 5.32 Å². The predicted octanol–water partition coefficient (Wildman–Crippen LogP) is 4.50. The lowest BCUT2D eigenvalue weighted by atomic mass is 10.1. The van der Waals surface area contributed by atoms with Crippen molar-refractivity contribution < 1.29 is 22.4 Å². The maximum atomic E-state index is 13.4. The molecule has 0 saturated heterocycles. The van der Waals surface area contributed by atoms with Gasteiger partial charge in [-0.15, -0.1) is 0 Å². The van der Waals surface area contributed by atoms with Gasteiger partial charge in [0.05, 0.1) is 17.8 Å². The van der Waals surface area contributed by atoms with Crippen molar-refractivity contribution in [3.8, 4) is 16.9 Å². The Morgan fingerprint density at radius 3 is 2.59 bits per heavy atom. The van der Waals surface area contributed by atoms with E-state index >= 15 is 0 Å². The van der Waals surface area contributed by atoms with Crippen LogP contribution < -0.4 is 5.32 Å². The number of aromatic nitrogens is 2. The second-order valence-electron chi connectivity index (χ2n) is 6.35. The van der Waals surface area contributed by atoms with E-state index in [1.165, 1.54) is 18.2 Å². The predicted molar refractivity (Wildman–Crippen MR) is 91.0 cm³/mol. The van der Waals surface area contributed by atoms with Gasteiger partial charge in [-0.3, -0.25) is 4.79 Å². The maximum Gasteiger partial charge on any atom is 0.435 e. The average molecular weight is 375 g/mol. The van der Waals surface area contributed by atoms with Crippen LogP contribution in [-0.2, 0) is 17.4 Å². The number of alkyl halides is 3. The summed E-state index contributed by atoms with van der Waals surface area (Å²) in [4.78, 5) is 11.5. The molecule has 4 nitrogen and oxygen atoms in total. The lowest BCUT2D eigenvalue weighted by Gasteiger charge is -2.11. The van der Waals surface area contributed by atoms with Crippen LogP contribution in [0.1, 0.15) is 16.8 Å². The Hall–Kier alpha value is -3.16. The zero-order valence-corrected chi connectivity index (χ0v) is 14.1. The third-order valence-electron chi connectivity index (χ3n) is 4.42. The highest BCUT2D eigenvalue weighted by Gasteiger charge is 2.35. The molecular weight excluding hydrogens is 362 g/mol. The molecule has 0 bridgehead atoms. The molecule has 1 aromatic heterocycles. The van der Waals surface area contributed by atoms with Gasteiger partial charge < -0.3 is 5.32 Å². The number of rotatable bonds is 2. The Morgan fingerprint density at radius 1 is 1.11 bits per heavy atom. The smallest absolute Gasteiger partial charge is 0.326 e. The molecule has 3 aromatic rings. The van der Waals surface area contributed by atoms with Crippen molar-refractivity contribution in [1.82, 2.24) is 9.78 Å². The van der Waals surface area contributed by atoms with Gasteiger partial charge in [0.1, 0.15) is 5.82 Å². The number of hydrogen-bond acceptors (Lipinski definition) is 2. The highest BCUT2D eigenvalue weighted by molar-refractivity contribution is 5.99. The first-order valence-electron chi connectivity index (χ1n) is 8.09. The number of amides is 1. The lowest BCUT2D eigenvalue weighted by Crippen LogP contribution is -2.08. The van der Waals surface area contributed by atoms with Gasteiger partial charge in [-0.25, -0.2) is 9.07 Å². The molecule has 0 atom stereocenters. The minimum Gasteiger partial charge on any atom is -0.326 e. The molecule has 0 saturated carbocycles. The Kier molecular flexibility index (Phi) is 3.80. The topological polar surface area (TPSA) is 46.9 Å². The summed E-state index contributed by atoms with van der Waals surface area (Å²) in [7, 11) is 0. The van der Waals surface area contributed by atoms with Gasteiger partial charge in [-0.1, -0.05) is 12.1 Å². The summed E-state index contributed by atoms with van der Waals surface area (Å²) in [5.41, 5.74) is 1.74. The fraction of sp³-hybridized carbons (Fsp3) is 0.158. The Morgan fingerprint density at radius 2 is 1.89 bits per heavy atom. The van der Waals surface area contributed by atoms with Crippen LogP contribution >= 0.6 is 0 Å². The Labute approximate surface area is 151 Å². The largest absolute Gasteiger partial charge is 0.435 e. The van der Waals surface area contributed by atoms with Crippen LogP contribution in [-0.4, -0.2) is 15.7 Å². The molecule has 1 amide bonds. The maximum absolute atomic E-state index is 13.4. The normalized spacial score (nSPS) is 13.6. The van der Waals surface area contributed by atoms with E-state index in [0.717, 1.165) is 16.3 Å². The number of halogens is 4. The number of nitrogens with zero attached hydrogens (tertiary/aromatic N) is 2. The molecule has 0 aliphatic carbocycles. The number of carbonyl (C=O) groups excluding carboxylic acids is 1. The molecule has 27 heavy (non-hydrogen) atoms. The average Bonchev–Trinajstić information content (AvgIpc) is 3.16. The van der Waals surface area contributed by atoms with Crippen molar-refractivity contribution in [3.63, 3.8) is 0 Å². The number of fused-ring (bicyclic) bond motifs is 1. The third-order valence-corrected chi connectivity index (χ3v) is 4.42. The van der Waals surface area contributed by atoms with E-state index in [-0.39, 0.29) is 18.0 Å². The van der Waals surface area contributed by atoms with E-state index in [2.05, 4.69) is 10.4 Å². The van der Waals surface area contributed by atoms with Crippen molar-refractivity contribution in [2.24, 2.45) is 0 Å². The van der Waals surface area contributed by atoms with Gasteiger partial charge in [0.2, 0.25) is 5.91 Å². The van der Waals surface area contributed by atoms with Crippen LogP contribution in [0.2, 0.25) is 0 Å². The molecule has 0 spiro atoms. The first-order valence-corrected chi connectivity index (χ1v) is 8.09. The summed E-state index contributed by atoms with van der Waals surface area (Å²) in [5.74, 6) is -0.651. The molecule has 0 radical (unpaired) electrons. The lowest BCUT2D eigenvalue weighted by molar-refractivity contribution is -0.141. The van der Waals surface area contributed by atoms with Gasteiger partial charge in [-0.2, -0.15) is 18.3 Å². The minimum absolute atomic E-state index is 0.166. The quantitative estimate of drug-likeness (QED) is 0.671. The SMILES string of the molecule is Cc1cc(F)ccc1-n1nc(C(F)(F)F)cc1-c1ccc2c(c1)NC(=O)C2. The van der Waals surface area contributed by atoms with Crippen LogP contribution in [0.25, 0.3) is 16.9 Å². The second-order valence-corrected chi connectivity index (χ2v) is 6.35. The summed E-state index contributed by atoms with van der Waals surface area (Å²) < 4.78 is 54.3. The van der Waals surface area contributed by atoms with Gasteiger partial charge in [-0.05, 0) is 48.4 Å². The number of benzene rings is 2. The van der Waals surface area contributed by atoms with E-state index in [0.29, 0.717) is 22.5 Å². The van der Waals surface area contributed by atoms with Crippen LogP contribution in [0, 0.1) is 12.7 Å². The van der Waals surface area contributed by atoms with Gasteiger partial charge in [0.25, 0.3) is 0 Å². The number of hydrogen-bond donors (Lipinski definition) is 1. The first kappa shape index (κ1) is 17.3. The van der Waals surface area contributed by atoms with Crippen molar-refractivity contribution in [3.05, 3.63) is 65.1 Å². The molecule has 0 unspecified atom stereocenters. The standard InChI is InChI=1S/C19H13F4N3O/c1-10-6-13(20)4-5-15(10)26-16(9-17(25-26)19(21,22)23)12-3-2-11-8-18(27)24-14(11)7-12/h2-7,9H,8H2,1H3,(H,24,27). The number of carbonyl (C=O) groups is 1. The second kappa shape index (κ2) is 5.94. The highest BCUT2D eigenvalue weighted by Crippen LogP contribution is 2.36. The van der Waals surface area contributed by atoms with Crippen LogP contribution in [0.5, 0.6) is 0 Å². The molecule has 2 heterocycles. The zero-order chi connectivity index (χ0) is 19.3. The minimum atomic E-state index is -4.63. The summed E-state index contributed by atoms with van der Waals surface area (Å²) in [6, 6.07) is 9.70. The molecule has 138 valence electrons. The summed E-state index contributed by atoms with van der Waals surface area (Å²) in [6.45, 7) is 1.60. The zero-order valence-electron chi connectivity index (χ0n) is 14.1. The molecule has 4 rings (SSSR count). The molecule has 1 N–H and O–H groups in total. The van der Waals surface area contributed by atoms with E-state index in [1.807, 2.05) is 0 Å². The number of aryl methyl sites for hydroxylation is 1. The van der Waals surface area contributed by atoms with Crippen molar-refractivity contribution in [1.29, 1.82) is 0 Å². The highest BCUT2D eigenvalue weighted by atomic mass is 19.4. The first-order chi connectivity index (χ1) is 12.7. The third kappa shape index (κ3) is 3.07. The Balaban J connectivity index is 1.91. The molecule has 8 heteroatoms. The Bertz CT molecular complexity index is 1070. The summed E-state index contributed by atoms with van der Waals surface area (Å²) >= 11 is 0. The molecule has 1 aliphatic rings. The van der Waals surface area contributed by atoms with Gasteiger partial charge in [0.15, 0.2) is 5.69 Å². The van der Waals surface area contributed by atoms with Crippen LogP contribution in [0.3, 0.4) is 0 Å². The van der Waals surface area contributed by atoms with E-state index < -0.39 is 17.7 Å². The van der Waals surface area contributed by atoms with Crippen molar-refractivity contribution >= 4 is 11.6 Å². The van der Waals surface area contributed by atoms with Gasteiger partial charge >= 0.3 is 6.18 Å². The van der Waals surface area contributed by atoms with Crippen LogP contribution in [0.4, 0.5) is 23.2 Å². The molecule has 2 aromatic carbocycles. The molecular formula is C19H13F4N3O. The van der Waals surface area contributed by atoms with E-state index in [9.17, 15) is 22.4 Å². The van der Waals surface area contributed by atoms with Gasteiger partial charge in [0, 0.05) is 11.3 Å². The molecule has 1 aliphatic heterocycles. The van der Waals surface area contributed by atoms with E-state index in [4.69, 9.17) is 0 Å². The fourth-order valence-corrected chi connectivity index (χ4v) is 3.14. The molecule has 0 fully saturated rings. The van der Waals surface area contributed by atoms with Crippen LogP contribution in [0.15, 0.2) is 42.5 Å². The fourth-order valence-electron chi connectivity index (χ4n) is 3.14. The number of anilines is 1. The van der Waals surface area contributed by atoms with Crippen molar-refractivity contribution in [2.45, 2.75) is 19.5 Å². The summed E-state index contributed by atoms with van der Waals surface area (Å²) in [6.07, 6.45) is -4.39.